The van der Waals surface area contributed by atoms with Crippen LogP contribution in [0.25, 0.3) is 0 Å². The van der Waals surface area contributed by atoms with Crippen molar-refractivity contribution in [3.8, 4) is 0 Å². The van der Waals surface area contributed by atoms with Crippen molar-refractivity contribution < 1.29 is 4.74 Å². The fraction of sp³-hybridized carbons (Fsp3) is 1.00. The van der Waals surface area contributed by atoms with Crippen molar-refractivity contribution >= 4 is 0 Å². The van der Waals surface area contributed by atoms with Gasteiger partial charge in [0.25, 0.3) is 0 Å². The van der Waals surface area contributed by atoms with Crippen LogP contribution in [-0.2, 0) is 4.74 Å². The molecule has 2 fully saturated rings. The number of nitrogens with one attached hydrogen (secondary N) is 1. The van der Waals surface area contributed by atoms with Gasteiger partial charge in [-0.05, 0) is 51.0 Å². The molecule has 2 rings (SSSR count). The zero-order valence-corrected chi connectivity index (χ0v) is 13.0. The van der Waals surface area contributed by atoms with E-state index in [-0.39, 0.29) is 0 Å². The predicted octanol–water partition coefficient (Wildman–Crippen LogP) is 4.28. The third-order valence-corrected chi connectivity index (χ3v) is 4.90. The monoisotopic (exact) mass is 267 g/mol. The van der Waals surface area contributed by atoms with E-state index >= 15 is 0 Å². The number of hydrogen-bond donors (Lipinski definition) is 1. The molecule has 2 heteroatoms. The van der Waals surface area contributed by atoms with E-state index < -0.39 is 0 Å². The molecule has 1 saturated heterocycles. The Kier molecular flexibility index (Phi) is 6.15. The Hall–Kier alpha value is -0.0800. The van der Waals surface area contributed by atoms with Gasteiger partial charge in [-0.2, -0.15) is 0 Å². The average Bonchev–Trinajstić information content (AvgIpc) is 2.36. The van der Waals surface area contributed by atoms with Crippen LogP contribution in [-0.4, -0.2) is 24.8 Å². The van der Waals surface area contributed by atoms with Crippen LogP contribution in [0.2, 0.25) is 0 Å². The van der Waals surface area contributed by atoms with Gasteiger partial charge in [0, 0.05) is 12.6 Å². The van der Waals surface area contributed by atoms with Crippen LogP contribution >= 0.6 is 0 Å². The highest BCUT2D eigenvalue weighted by Crippen LogP contribution is 2.42. The summed E-state index contributed by atoms with van der Waals surface area (Å²) in [7, 11) is 0. The predicted molar refractivity (Wildman–Crippen MR) is 81.5 cm³/mol. The summed E-state index contributed by atoms with van der Waals surface area (Å²) in [4.78, 5) is 0. The molecule has 1 aliphatic heterocycles. The highest BCUT2D eigenvalue weighted by atomic mass is 16.5. The van der Waals surface area contributed by atoms with E-state index in [4.69, 9.17) is 4.74 Å². The minimum absolute atomic E-state index is 0.299. The largest absolute Gasteiger partial charge is 0.375 e. The van der Waals surface area contributed by atoms with E-state index in [0.29, 0.717) is 5.60 Å². The van der Waals surface area contributed by atoms with E-state index in [2.05, 4.69) is 19.2 Å². The maximum Gasteiger partial charge on any atom is 0.0697 e. The lowest BCUT2D eigenvalue weighted by Gasteiger charge is -2.47. The van der Waals surface area contributed by atoms with Gasteiger partial charge in [-0.3, -0.25) is 0 Å². The van der Waals surface area contributed by atoms with Crippen LogP contribution < -0.4 is 5.32 Å². The molecule has 2 nitrogen and oxygen atoms in total. The van der Waals surface area contributed by atoms with Gasteiger partial charge in [0.05, 0.1) is 5.60 Å². The summed E-state index contributed by atoms with van der Waals surface area (Å²) in [5.74, 6) is 0.874. The Morgan fingerprint density at radius 3 is 2.63 bits per heavy atom. The zero-order valence-electron chi connectivity index (χ0n) is 13.0. The van der Waals surface area contributed by atoms with E-state index in [9.17, 15) is 0 Å². The van der Waals surface area contributed by atoms with Crippen molar-refractivity contribution in [1.82, 2.24) is 5.32 Å². The normalized spacial score (nSPS) is 25.7. The van der Waals surface area contributed by atoms with Crippen LogP contribution in [0.4, 0.5) is 0 Å². The molecule has 1 aliphatic carbocycles. The number of ether oxygens (including phenoxy) is 1. The van der Waals surface area contributed by atoms with Crippen molar-refractivity contribution in [1.29, 1.82) is 0 Å². The number of unbranched alkanes of at least 4 members (excludes halogenated alkanes) is 3. The van der Waals surface area contributed by atoms with Crippen LogP contribution in [0.5, 0.6) is 0 Å². The molecule has 1 N–H and O–H groups in total. The summed E-state index contributed by atoms with van der Waals surface area (Å²) in [6, 6.07) is 0.727. The molecule has 1 saturated carbocycles. The number of rotatable bonds is 8. The summed E-state index contributed by atoms with van der Waals surface area (Å²) in [5.41, 5.74) is 0.299. The third-order valence-electron chi connectivity index (χ3n) is 4.90. The fourth-order valence-corrected chi connectivity index (χ4v) is 3.46. The minimum atomic E-state index is 0.299. The molecule has 1 unspecified atom stereocenters. The second-order valence-corrected chi connectivity index (χ2v) is 7.13. The SMILES string of the molecule is CC(C)CCCCCCNC1CCOC2(CCC2)C1. The lowest BCUT2D eigenvalue weighted by molar-refractivity contribution is -0.135. The number of hydrogen-bond acceptors (Lipinski definition) is 2. The summed E-state index contributed by atoms with van der Waals surface area (Å²) in [5, 5.41) is 3.76. The third kappa shape index (κ3) is 5.07. The first-order valence-corrected chi connectivity index (χ1v) is 8.58. The molecule has 0 bridgehead atoms. The molecular weight excluding hydrogens is 234 g/mol. The molecule has 1 atom stereocenters. The first-order chi connectivity index (χ1) is 9.20. The van der Waals surface area contributed by atoms with Crippen molar-refractivity contribution in [3.05, 3.63) is 0 Å². The highest BCUT2D eigenvalue weighted by molar-refractivity contribution is 4.95. The van der Waals surface area contributed by atoms with Gasteiger partial charge in [-0.1, -0.05) is 39.5 Å². The van der Waals surface area contributed by atoms with Gasteiger partial charge in [0.2, 0.25) is 0 Å². The van der Waals surface area contributed by atoms with Crippen LogP contribution in [0.1, 0.15) is 78.1 Å². The van der Waals surface area contributed by atoms with E-state index in [1.165, 1.54) is 70.8 Å². The van der Waals surface area contributed by atoms with Gasteiger partial charge in [-0.25, -0.2) is 0 Å². The Balaban J connectivity index is 1.47. The van der Waals surface area contributed by atoms with Crippen molar-refractivity contribution in [3.63, 3.8) is 0 Å². The fourth-order valence-electron chi connectivity index (χ4n) is 3.46. The molecule has 1 heterocycles. The summed E-state index contributed by atoms with van der Waals surface area (Å²) in [6.45, 7) is 6.83. The van der Waals surface area contributed by atoms with Gasteiger partial charge in [-0.15, -0.1) is 0 Å². The Morgan fingerprint density at radius 2 is 1.95 bits per heavy atom. The van der Waals surface area contributed by atoms with Crippen LogP contribution in [0, 0.1) is 5.92 Å². The average molecular weight is 267 g/mol. The first kappa shape index (κ1) is 15.3. The molecule has 0 radical (unpaired) electrons. The molecule has 0 aromatic rings. The molecular formula is C17H33NO. The smallest absolute Gasteiger partial charge is 0.0697 e. The van der Waals surface area contributed by atoms with E-state index in [1.54, 1.807) is 0 Å². The molecule has 2 aliphatic rings. The van der Waals surface area contributed by atoms with Crippen molar-refractivity contribution in [2.24, 2.45) is 5.92 Å². The Labute approximate surface area is 119 Å². The van der Waals surface area contributed by atoms with Crippen LogP contribution in [0.15, 0.2) is 0 Å². The molecule has 0 amide bonds. The standard InChI is InChI=1S/C17H33NO/c1-15(2)8-5-3-4-6-12-18-16-9-13-19-17(14-16)10-7-11-17/h15-16,18H,3-14H2,1-2H3. The topological polar surface area (TPSA) is 21.3 Å². The first-order valence-electron chi connectivity index (χ1n) is 8.58. The van der Waals surface area contributed by atoms with Gasteiger partial charge < -0.3 is 10.1 Å². The second-order valence-electron chi connectivity index (χ2n) is 7.13. The minimum Gasteiger partial charge on any atom is -0.375 e. The Bertz CT molecular complexity index is 248. The molecule has 0 aromatic heterocycles. The van der Waals surface area contributed by atoms with Crippen molar-refractivity contribution in [2.45, 2.75) is 89.7 Å². The maximum absolute atomic E-state index is 5.97. The summed E-state index contributed by atoms with van der Waals surface area (Å²) < 4.78 is 5.97. The maximum atomic E-state index is 5.97. The van der Waals surface area contributed by atoms with Gasteiger partial charge in [0.15, 0.2) is 0 Å². The van der Waals surface area contributed by atoms with Gasteiger partial charge >= 0.3 is 0 Å². The quantitative estimate of drug-likeness (QED) is 0.663. The molecule has 19 heavy (non-hydrogen) atoms. The molecule has 0 aromatic carbocycles. The lowest BCUT2D eigenvalue weighted by Crippen LogP contribution is -2.51. The lowest BCUT2D eigenvalue weighted by atomic mass is 9.74. The second kappa shape index (κ2) is 7.64. The summed E-state index contributed by atoms with van der Waals surface area (Å²) >= 11 is 0. The zero-order chi connectivity index (χ0) is 13.6. The highest BCUT2D eigenvalue weighted by Gasteiger charge is 2.42. The van der Waals surface area contributed by atoms with Crippen LogP contribution in [0.3, 0.4) is 0 Å². The van der Waals surface area contributed by atoms with Crippen molar-refractivity contribution in [2.75, 3.05) is 13.2 Å². The van der Waals surface area contributed by atoms with Gasteiger partial charge in [0.1, 0.15) is 0 Å². The van der Waals surface area contributed by atoms with E-state index in [1.807, 2.05) is 0 Å². The van der Waals surface area contributed by atoms with E-state index in [0.717, 1.165) is 18.6 Å². The summed E-state index contributed by atoms with van der Waals surface area (Å²) in [6.07, 6.45) is 13.4. The molecule has 112 valence electrons. The Morgan fingerprint density at radius 1 is 1.16 bits per heavy atom. The molecule has 1 spiro atoms.